The first kappa shape index (κ1) is 20.3. The molecule has 4 rings (SSSR count). The molecule has 5 nitrogen and oxygen atoms in total. The maximum Gasteiger partial charge on any atom is 0.265 e. The van der Waals surface area contributed by atoms with E-state index in [1.165, 1.54) is 54.9 Å². The van der Waals surface area contributed by atoms with Gasteiger partial charge < -0.3 is 5.32 Å². The van der Waals surface area contributed by atoms with Crippen molar-refractivity contribution in [1.82, 2.24) is 9.55 Å². The molecule has 1 N–H and O–H groups in total. The fraction of sp³-hybridized carbons (Fsp3) is 0.375. The fourth-order valence-corrected chi connectivity index (χ4v) is 4.32. The van der Waals surface area contributed by atoms with Gasteiger partial charge in [0.2, 0.25) is 5.91 Å². The third-order valence-electron chi connectivity index (χ3n) is 5.93. The molecule has 3 aromatic rings. The average molecular weight is 407 g/mol. The molecular formula is C24H26FN3O2. The van der Waals surface area contributed by atoms with Gasteiger partial charge in [0, 0.05) is 6.42 Å². The first-order valence-corrected chi connectivity index (χ1v) is 10.6. The van der Waals surface area contributed by atoms with E-state index in [-0.39, 0.29) is 17.2 Å². The highest BCUT2D eigenvalue weighted by molar-refractivity contribution is 5.91. The van der Waals surface area contributed by atoms with Crippen LogP contribution in [0.5, 0.6) is 0 Å². The lowest BCUT2D eigenvalue weighted by atomic mass is 9.86. The molecule has 2 aromatic carbocycles. The topological polar surface area (TPSA) is 64.0 Å². The number of para-hydroxylation sites is 1. The van der Waals surface area contributed by atoms with E-state index in [1.54, 1.807) is 25.1 Å². The van der Waals surface area contributed by atoms with Crippen molar-refractivity contribution in [3.05, 3.63) is 64.5 Å². The van der Waals surface area contributed by atoms with Gasteiger partial charge in [-0.2, -0.15) is 0 Å². The van der Waals surface area contributed by atoms with Gasteiger partial charge >= 0.3 is 0 Å². The van der Waals surface area contributed by atoms with Crippen LogP contribution in [0.4, 0.5) is 10.1 Å². The van der Waals surface area contributed by atoms with Crippen LogP contribution >= 0.6 is 0 Å². The zero-order valence-electron chi connectivity index (χ0n) is 17.2. The number of nitrogens with one attached hydrogen (secondary N) is 1. The highest BCUT2D eigenvalue weighted by Crippen LogP contribution is 2.27. The Balaban J connectivity index is 1.57. The van der Waals surface area contributed by atoms with Gasteiger partial charge in [0.15, 0.2) is 0 Å². The molecule has 0 unspecified atom stereocenters. The highest BCUT2D eigenvalue weighted by atomic mass is 19.1. The Hall–Kier alpha value is -3.02. The molecule has 1 saturated carbocycles. The molecule has 0 radical (unpaired) electrons. The number of nitrogens with zero attached hydrogens (tertiary/aromatic N) is 2. The number of halogens is 1. The summed E-state index contributed by atoms with van der Waals surface area (Å²) in [6.07, 6.45) is 7.31. The van der Waals surface area contributed by atoms with Crippen LogP contribution in [0.15, 0.2) is 47.3 Å². The SMILES string of the molecule is Cc1nc2ccccc2c(=O)n1-c1ccc(F)c(NC(=O)CCC2CCCCC2)c1. The van der Waals surface area contributed by atoms with Crippen LogP contribution in [-0.4, -0.2) is 15.5 Å². The molecular weight excluding hydrogens is 381 g/mol. The van der Waals surface area contributed by atoms with Crippen LogP contribution < -0.4 is 10.9 Å². The average Bonchev–Trinajstić information content (AvgIpc) is 2.75. The van der Waals surface area contributed by atoms with E-state index in [0.717, 1.165) is 6.42 Å². The summed E-state index contributed by atoms with van der Waals surface area (Å²) in [5.41, 5.74) is 0.953. The number of amides is 1. The van der Waals surface area contributed by atoms with Crippen LogP contribution in [0.1, 0.15) is 50.8 Å². The van der Waals surface area contributed by atoms with Crippen molar-refractivity contribution in [2.75, 3.05) is 5.32 Å². The Labute approximate surface area is 175 Å². The van der Waals surface area contributed by atoms with Gasteiger partial charge in [0.1, 0.15) is 11.6 Å². The van der Waals surface area contributed by atoms with Gasteiger partial charge in [0.05, 0.1) is 22.3 Å². The Morgan fingerprint density at radius 1 is 1.17 bits per heavy atom. The van der Waals surface area contributed by atoms with Crippen LogP contribution in [0.25, 0.3) is 16.6 Å². The summed E-state index contributed by atoms with van der Waals surface area (Å²) in [5.74, 6) is 0.368. The molecule has 0 aliphatic heterocycles. The number of carbonyl (C=O) groups excluding carboxylic acids is 1. The Kier molecular flexibility index (Phi) is 5.93. The number of anilines is 1. The lowest BCUT2D eigenvalue weighted by molar-refractivity contribution is -0.116. The first-order valence-electron chi connectivity index (χ1n) is 10.6. The van der Waals surface area contributed by atoms with E-state index in [4.69, 9.17) is 0 Å². The third-order valence-corrected chi connectivity index (χ3v) is 5.93. The van der Waals surface area contributed by atoms with E-state index in [0.29, 0.717) is 34.8 Å². The minimum absolute atomic E-state index is 0.0839. The van der Waals surface area contributed by atoms with Crippen LogP contribution in [0, 0.1) is 18.7 Å². The van der Waals surface area contributed by atoms with Crippen molar-refractivity contribution in [2.24, 2.45) is 5.92 Å². The van der Waals surface area contributed by atoms with Gasteiger partial charge in [0.25, 0.3) is 5.56 Å². The summed E-state index contributed by atoms with van der Waals surface area (Å²) in [5, 5.41) is 3.18. The van der Waals surface area contributed by atoms with E-state index in [2.05, 4.69) is 10.3 Å². The highest BCUT2D eigenvalue weighted by Gasteiger charge is 2.16. The largest absolute Gasteiger partial charge is 0.324 e. The predicted octanol–water partition coefficient (Wildman–Crippen LogP) is 5.13. The van der Waals surface area contributed by atoms with Gasteiger partial charge in [-0.3, -0.25) is 14.2 Å². The normalized spacial score (nSPS) is 14.7. The molecule has 0 atom stereocenters. The number of benzene rings is 2. The molecule has 156 valence electrons. The molecule has 1 heterocycles. The van der Waals surface area contributed by atoms with Gasteiger partial charge in [-0.1, -0.05) is 44.2 Å². The summed E-state index contributed by atoms with van der Waals surface area (Å²) in [6, 6.07) is 11.4. The molecule has 1 amide bonds. The summed E-state index contributed by atoms with van der Waals surface area (Å²) in [6.45, 7) is 1.74. The zero-order chi connectivity index (χ0) is 21.1. The van der Waals surface area contributed by atoms with Gasteiger partial charge in [-0.05, 0) is 49.6 Å². The Morgan fingerprint density at radius 3 is 2.73 bits per heavy atom. The minimum Gasteiger partial charge on any atom is -0.324 e. The minimum atomic E-state index is -0.524. The lowest BCUT2D eigenvalue weighted by Crippen LogP contribution is -2.22. The number of aromatic nitrogens is 2. The van der Waals surface area contributed by atoms with Gasteiger partial charge in [-0.25, -0.2) is 9.37 Å². The Bertz CT molecular complexity index is 1130. The molecule has 1 aromatic heterocycles. The predicted molar refractivity (Wildman–Crippen MR) is 116 cm³/mol. The lowest BCUT2D eigenvalue weighted by Gasteiger charge is -2.21. The summed E-state index contributed by atoms with van der Waals surface area (Å²) >= 11 is 0. The second kappa shape index (κ2) is 8.78. The molecule has 1 aliphatic carbocycles. The number of hydrogen-bond acceptors (Lipinski definition) is 3. The number of rotatable bonds is 5. The van der Waals surface area contributed by atoms with E-state index >= 15 is 0 Å². The van der Waals surface area contributed by atoms with Crippen molar-refractivity contribution < 1.29 is 9.18 Å². The van der Waals surface area contributed by atoms with Crippen molar-refractivity contribution >= 4 is 22.5 Å². The number of fused-ring (bicyclic) bond motifs is 1. The second-order valence-corrected chi connectivity index (χ2v) is 8.07. The summed E-state index contributed by atoms with van der Waals surface area (Å²) in [7, 11) is 0. The van der Waals surface area contributed by atoms with Crippen molar-refractivity contribution in [1.29, 1.82) is 0 Å². The molecule has 1 fully saturated rings. The monoisotopic (exact) mass is 407 g/mol. The quantitative estimate of drug-likeness (QED) is 0.637. The smallest absolute Gasteiger partial charge is 0.265 e. The number of carbonyl (C=O) groups is 1. The van der Waals surface area contributed by atoms with Gasteiger partial charge in [-0.15, -0.1) is 0 Å². The van der Waals surface area contributed by atoms with Crippen LogP contribution in [0.3, 0.4) is 0 Å². The van der Waals surface area contributed by atoms with E-state index in [9.17, 15) is 14.0 Å². The second-order valence-electron chi connectivity index (χ2n) is 8.07. The standard InChI is InChI=1S/C24H26FN3O2/c1-16-26-21-10-6-5-9-19(21)24(30)28(16)18-12-13-20(25)22(15-18)27-23(29)14-11-17-7-3-2-4-8-17/h5-6,9-10,12-13,15,17H,2-4,7-8,11,14H2,1H3,(H,27,29). The maximum absolute atomic E-state index is 14.4. The third kappa shape index (κ3) is 4.27. The molecule has 6 heteroatoms. The Morgan fingerprint density at radius 2 is 1.93 bits per heavy atom. The maximum atomic E-state index is 14.4. The fourth-order valence-electron chi connectivity index (χ4n) is 4.32. The van der Waals surface area contributed by atoms with Crippen molar-refractivity contribution in [3.63, 3.8) is 0 Å². The van der Waals surface area contributed by atoms with Crippen LogP contribution in [-0.2, 0) is 4.79 Å². The molecule has 0 saturated heterocycles. The summed E-state index contributed by atoms with van der Waals surface area (Å²) in [4.78, 5) is 29.9. The van der Waals surface area contributed by atoms with Crippen molar-refractivity contribution in [3.8, 4) is 5.69 Å². The van der Waals surface area contributed by atoms with Crippen molar-refractivity contribution in [2.45, 2.75) is 51.9 Å². The number of aryl methyl sites for hydroxylation is 1. The number of hydrogen-bond donors (Lipinski definition) is 1. The van der Waals surface area contributed by atoms with E-state index in [1.807, 2.05) is 6.07 Å². The van der Waals surface area contributed by atoms with Crippen LogP contribution in [0.2, 0.25) is 0 Å². The molecule has 30 heavy (non-hydrogen) atoms. The molecule has 1 aliphatic rings. The first-order chi connectivity index (χ1) is 14.5. The summed E-state index contributed by atoms with van der Waals surface area (Å²) < 4.78 is 15.8. The molecule has 0 bridgehead atoms. The molecule has 0 spiro atoms. The zero-order valence-corrected chi connectivity index (χ0v) is 17.2. The van der Waals surface area contributed by atoms with E-state index < -0.39 is 5.82 Å².